The summed E-state index contributed by atoms with van der Waals surface area (Å²) < 4.78 is 31.9. The van der Waals surface area contributed by atoms with E-state index in [1.54, 1.807) is 18.2 Å². The van der Waals surface area contributed by atoms with Crippen molar-refractivity contribution in [1.82, 2.24) is 4.31 Å². The third kappa shape index (κ3) is 2.85. The summed E-state index contributed by atoms with van der Waals surface area (Å²) in [7, 11) is -3.48. The van der Waals surface area contributed by atoms with Crippen LogP contribution in [0.15, 0.2) is 29.2 Å². The van der Waals surface area contributed by atoms with E-state index in [1.807, 2.05) is 13.8 Å². The number of nitrogens with zero attached hydrogens (tertiary/aromatic N) is 1. The van der Waals surface area contributed by atoms with Crippen LogP contribution in [0.1, 0.15) is 13.8 Å². The van der Waals surface area contributed by atoms with Crippen LogP contribution in [-0.4, -0.2) is 38.0 Å². The van der Waals surface area contributed by atoms with E-state index in [1.165, 1.54) is 10.4 Å². The van der Waals surface area contributed by atoms with Gasteiger partial charge in [0, 0.05) is 18.1 Å². The van der Waals surface area contributed by atoms with E-state index in [2.05, 4.69) is 0 Å². The maximum atomic E-state index is 12.4. The summed E-state index contributed by atoms with van der Waals surface area (Å²) in [5.41, 5.74) is 0. The fourth-order valence-electron chi connectivity index (χ4n) is 2.10. The molecule has 1 fully saturated rings. The van der Waals surface area contributed by atoms with Crippen molar-refractivity contribution in [2.45, 2.75) is 31.0 Å². The molecule has 18 heavy (non-hydrogen) atoms. The minimum Gasteiger partial charge on any atom is -0.373 e. The van der Waals surface area contributed by atoms with E-state index >= 15 is 0 Å². The molecule has 1 saturated heterocycles. The maximum absolute atomic E-state index is 12.4. The maximum Gasteiger partial charge on any atom is 0.243 e. The molecule has 2 rings (SSSR count). The van der Waals surface area contributed by atoms with Crippen molar-refractivity contribution in [2.24, 2.45) is 0 Å². The highest BCUT2D eigenvalue weighted by atomic mass is 35.5. The standard InChI is InChI=1S/C12H16ClNO3S/c1-9-7-14(8-10(2)17-9)18(15,16)12-5-3-4-11(13)6-12/h3-6,9-10H,7-8H2,1-2H3/t9-,10+. The predicted molar refractivity (Wildman–Crippen MR) is 70.2 cm³/mol. The van der Waals surface area contributed by atoms with Crippen LogP contribution in [-0.2, 0) is 14.8 Å². The second-order valence-corrected chi connectivity index (χ2v) is 6.91. The first-order valence-electron chi connectivity index (χ1n) is 5.81. The Morgan fingerprint density at radius 3 is 2.44 bits per heavy atom. The van der Waals surface area contributed by atoms with Crippen LogP contribution in [0.25, 0.3) is 0 Å². The Balaban J connectivity index is 2.31. The molecule has 6 heteroatoms. The van der Waals surface area contributed by atoms with Gasteiger partial charge in [-0.15, -0.1) is 0 Å². The van der Waals surface area contributed by atoms with Gasteiger partial charge in [0.1, 0.15) is 0 Å². The van der Waals surface area contributed by atoms with Crippen molar-refractivity contribution in [3.05, 3.63) is 29.3 Å². The van der Waals surface area contributed by atoms with Gasteiger partial charge in [-0.05, 0) is 32.0 Å². The zero-order valence-electron chi connectivity index (χ0n) is 10.3. The molecular weight excluding hydrogens is 274 g/mol. The van der Waals surface area contributed by atoms with Crippen LogP contribution in [0, 0.1) is 0 Å². The molecule has 4 nitrogen and oxygen atoms in total. The molecule has 0 amide bonds. The minimum absolute atomic E-state index is 0.0947. The van der Waals surface area contributed by atoms with E-state index in [0.29, 0.717) is 18.1 Å². The summed E-state index contributed by atoms with van der Waals surface area (Å²) in [6, 6.07) is 6.33. The lowest BCUT2D eigenvalue weighted by atomic mass is 10.3. The molecule has 0 N–H and O–H groups in total. The molecule has 2 atom stereocenters. The molecule has 0 bridgehead atoms. The van der Waals surface area contributed by atoms with Crippen molar-refractivity contribution in [3.8, 4) is 0 Å². The average Bonchev–Trinajstić information content (AvgIpc) is 2.27. The van der Waals surface area contributed by atoms with Gasteiger partial charge >= 0.3 is 0 Å². The van der Waals surface area contributed by atoms with Crippen molar-refractivity contribution in [1.29, 1.82) is 0 Å². The fourth-order valence-corrected chi connectivity index (χ4v) is 4.00. The van der Waals surface area contributed by atoms with Gasteiger partial charge in [0.15, 0.2) is 0 Å². The first kappa shape index (κ1) is 13.8. The molecule has 1 aliphatic heterocycles. The Morgan fingerprint density at radius 1 is 1.28 bits per heavy atom. The number of benzene rings is 1. The van der Waals surface area contributed by atoms with Gasteiger partial charge in [0.2, 0.25) is 10.0 Å². The lowest BCUT2D eigenvalue weighted by Gasteiger charge is -2.34. The van der Waals surface area contributed by atoms with E-state index in [4.69, 9.17) is 16.3 Å². The van der Waals surface area contributed by atoms with Crippen LogP contribution in [0.2, 0.25) is 5.02 Å². The van der Waals surface area contributed by atoms with Crippen LogP contribution < -0.4 is 0 Å². The zero-order valence-corrected chi connectivity index (χ0v) is 11.9. The van der Waals surface area contributed by atoms with Crippen molar-refractivity contribution < 1.29 is 13.2 Å². The van der Waals surface area contributed by atoms with Crippen molar-refractivity contribution >= 4 is 21.6 Å². The SMILES string of the molecule is C[C@@H]1CN(S(=O)(=O)c2cccc(Cl)c2)C[C@H](C)O1. The van der Waals surface area contributed by atoms with E-state index in [0.717, 1.165) is 0 Å². The molecule has 0 unspecified atom stereocenters. The average molecular weight is 290 g/mol. The second kappa shape index (κ2) is 5.17. The highest BCUT2D eigenvalue weighted by Gasteiger charge is 2.32. The Hall–Kier alpha value is -0.620. The van der Waals surface area contributed by atoms with E-state index in [-0.39, 0.29) is 17.1 Å². The molecule has 0 aliphatic carbocycles. The first-order valence-corrected chi connectivity index (χ1v) is 7.62. The molecule has 0 spiro atoms. The fraction of sp³-hybridized carbons (Fsp3) is 0.500. The quantitative estimate of drug-likeness (QED) is 0.838. The highest BCUT2D eigenvalue weighted by Crippen LogP contribution is 2.23. The molecule has 1 aromatic carbocycles. The normalized spacial score (nSPS) is 26.2. The number of halogens is 1. The van der Waals surface area contributed by atoms with E-state index < -0.39 is 10.0 Å². The molecule has 1 aromatic rings. The monoisotopic (exact) mass is 289 g/mol. The summed E-state index contributed by atoms with van der Waals surface area (Å²) >= 11 is 5.84. The summed E-state index contributed by atoms with van der Waals surface area (Å²) in [5.74, 6) is 0. The van der Waals surface area contributed by atoms with Crippen LogP contribution in [0.5, 0.6) is 0 Å². The van der Waals surface area contributed by atoms with E-state index in [9.17, 15) is 8.42 Å². The Morgan fingerprint density at radius 2 is 1.89 bits per heavy atom. The molecule has 1 aliphatic rings. The minimum atomic E-state index is -3.48. The molecule has 1 heterocycles. The summed E-state index contributed by atoms with van der Waals surface area (Å²) in [4.78, 5) is 0.233. The summed E-state index contributed by atoms with van der Waals surface area (Å²) in [6.07, 6.45) is -0.189. The zero-order chi connectivity index (χ0) is 13.3. The largest absolute Gasteiger partial charge is 0.373 e. The first-order chi connectivity index (χ1) is 8.39. The van der Waals surface area contributed by atoms with Crippen LogP contribution in [0.4, 0.5) is 0 Å². The lowest BCUT2D eigenvalue weighted by molar-refractivity contribution is -0.0440. The molecule has 0 saturated carbocycles. The molecule has 0 radical (unpaired) electrons. The van der Waals surface area contributed by atoms with Gasteiger partial charge in [0.25, 0.3) is 0 Å². The van der Waals surface area contributed by atoms with Gasteiger partial charge in [0.05, 0.1) is 17.1 Å². The van der Waals surface area contributed by atoms with Gasteiger partial charge in [-0.2, -0.15) is 4.31 Å². The number of rotatable bonds is 2. The smallest absolute Gasteiger partial charge is 0.243 e. The second-order valence-electron chi connectivity index (χ2n) is 4.54. The molecule has 0 aromatic heterocycles. The number of morpholine rings is 1. The third-order valence-electron chi connectivity index (χ3n) is 2.82. The van der Waals surface area contributed by atoms with Gasteiger partial charge < -0.3 is 4.74 Å². The van der Waals surface area contributed by atoms with Gasteiger partial charge in [-0.3, -0.25) is 0 Å². The topological polar surface area (TPSA) is 46.6 Å². The lowest BCUT2D eigenvalue weighted by Crippen LogP contribution is -2.48. The summed E-state index contributed by atoms with van der Waals surface area (Å²) in [6.45, 7) is 4.49. The van der Waals surface area contributed by atoms with Gasteiger partial charge in [-0.1, -0.05) is 17.7 Å². The third-order valence-corrected chi connectivity index (χ3v) is 4.88. The Labute approximate surface area is 113 Å². The molecular formula is C12H16ClNO3S. The Kier molecular flexibility index (Phi) is 3.96. The number of hydrogen-bond donors (Lipinski definition) is 0. The Bertz CT molecular complexity index is 522. The van der Waals surface area contributed by atoms with Crippen molar-refractivity contribution in [2.75, 3.05) is 13.1 Å². The van der Waals surface area contributed by atoms with Crippen molar-refractivity contribution in [3.63, 3.8) is 0 Å². The summed E-state index contributed by atoms with van der Waals surface area (Å²) in [5, 5.41) is 0.422. The number of ether oxygens (including phenoxy) is 1. The van der Waals surface area contributed by atoms with Crippen LogP contribution >= 0.6 is 11.6 Å². The number of hydrogen-bond acceptors (Lipinski definition) is 3. The highest BCUT2D eigenvalue weighted by molar-refractivity contribution is 7.89. The predicted octanol–water partition coefficient (Wildman–Crippen LogP) is 2.14. The number of sulfonamides is 1. The molecule has 100 valence electrons. The van der Waals surface area contributed by atoms with Crippen LogP contribution in [0.3, 0.4) is 0 Å². The van der Waals surface area contributed by atoms with Gasteiger partial charge in [-0.25, -0.2) is 8.42 Å².